The fourth-order valence-corrected chi connectivity index (χ4v) is 4.56. The first-order chi connectivity index (χ1) is 16.4. The molecule has 0 aliphatic carbocycles. The third-order valence-corrected chi connectivity index (χ3v) is 7.06. The predicted molar refractivity (Wildman–Crippen MR) is 146 cm³/mol. The lowest BCUT2D eigenvalue weighted by Crippen LogP contribution is -2.35. The molecule has 2 atom stereocenters. The summed E-state index contributed by atoms with van der Waals surface area (Å²) in [6.07, 6.45) is 3.89. The average Bonchev–Trinajstić information content (AvgIpc) is 2.87. The zero-order valence-electron chi connectivity index (χ0n) is 21.3. The first-order valence-corrected chi connectivity index (χ1v) is 12.5. The molecule has 3 heteroatoms. The van der Waals surface area contributed by atoms with Crippen LogP contribution in [0.15, 0.2) is 89.9 Å². The van der Waals surface area contributed by atoms with Crippen molar-refractivity contribution in [1.29, 1.82) is 0 Å². The Morgan fingerprint density at radius 2 is 1.44 bits per heavy atom. The second kappa shape index (κ2) is 12.5. The number of nitrogens with zero attached hydrogens (tertiary/aromatic N) is 1. The highest BCUT2D eigenvalue weighted by Crippen LogP contribution is 2.39. The number of rotatable bonds is 11. The maximum Gasteiger partial charge on any atom is 0.0969 e. The van der Waals surface area contributed by atoms with Gasteiger partial charge >= 0.3 is 0 Å². The highest BCUT2D eigenvalue weighted by Gasteiger charge is 2.29. The van der Waals surface area contributed by atoms with E-state index in [1.54, 1.807) is 0 Å². The van der Waals surface area contributed by atoms with E-state index in [1.165, 1.54) is 22.3 Å². The van der Waals surface area contributed by atoms with Crippen molar-refractivity contribution in [2.75, 3.05) is 13.6 Å². The average molecular weight is 456 g/mol. The molecule has 3 aromatic carbocycles. The van der Waals surface area contributed by atoms with E-state index in [0.717, 1.165) is 31.5 Å². The minimum absolute atomic E-state index is 0.0455. The van der Waals surface area contributed by atoms with Crippen LogP contribution >= 0.6 is 0 Å². The van der Waals surface area contributed by atoms with Gasteiger partial charge in [-0.2, -0.15) is 0 Å². The van der Waals surface area contributed by atoms with E-state index >= 15 is 0 Å². The molecule has 3 aromatic rings. The Hall–Kier alpha value is -2.91. The third kappa shape index (κ3) is 7.30. The Kier molecular flexibility index (Phi) is 9.47. The molecule has 0 aliphatic rings. The van der Waals surface area contributed by atoms with Crippen molar-refractivity contribution in [1.82, 2.24) is 5.32 Å². The molecule has 3 rings (SSSR count). The molecule has 0 radical (unpaired) electrons. The van der Waals surface area contributed by atoms with Gasteiger partial charge in [0.05, 0.1) is 11.9 Å². The molecule has 34 heavy (non-hydrogen) atoms. The van der Waals surface area contributed by atoms with Gasteiger partial charge in [0, 0.05) is 13.5 Å². The van der Waals surface area contributed by atoms with Crippen LogP contribution in [0.25, 0.3) is 0 Å². The maximum absolute atomic E-state index is 5.93. The van der Waals surface area contributed by atoms with Gasteiger partial charge in [0.1, 0.15) is 0 Å². The quantitative estimate of drug-likeness (QED) is 0.250. The SMILES string of the molecule is CN=C(CC(C)(C)C(C)c1cccc(CCc2ccccc2)c1)N[C@@H](CCN)c1ccccc1. The Bertz CT molecular complexity index is 1020. The highest BCUT2D eigenvalue weighted by molar-refractivity contribution is 5.83. The number of nitrogens with one attached hydrogen (secondary N) is 1. The van der Waals surface area contributed by atoms with Gasteiger partial charge < -0.3 is 11.1 Å². The Balaban J connectivity index is 1.68. The van der Waals surface area contributed by atoms with Crippen molar-refractivity contribution in [3.8, 4) is 0 Å². The molecule has 0 saturated carbocycles. The molecule has 0 aliphatic heterocycles. The first kappa shape index (κ1) is 25.7. The van der Waals surface area contributed by atoms with Crippen LogP contribution in [-0.2, 0) is 12.8 Å². The summed E-state index contributed by atoms with van der Waals surface area (Å²) >= 11 is 0. The number of hydrogen-bond donors (Lipinski definition) is 2. The zero-order valence-corrected chi connectivity index (χ0v) is 21.3. The van der Waals surface area contributed by atoms with E-state index in [1.807, 2.05) is 7.05 Å². The van der Waals surface area contributed by atoms with Crippen LogP contribution in [0.1, 0.15) is 67.8 Å². The number of aliphatic imine (C=N–C) groups is 1. The monoisotopic (exact) mass is 455 g/mol. The lowest BCUT2D eigenvalue weighted by molar-refractivity contribution is 0.310. The van der Waals surface area contributed by atoms with E-state index in [0.29, 0.717) is 12.5 Å². The Morgan fingerprint density at radius 1 is 0.853 bits per heavy atom. The first-order valence-electron chi connectivity index (χ1n) is 12.5. The molecular weight excluding hydrogens is 414 g/mol. The van der Waals surface area contributed by atoms with Gasteiger partial charge in [0.2, 0.25) is 0 Å². The van der Waals surface area contributed by atoms with Gasteiger partial charge in [-0.3, -0.25) is 4.99 Å². The van der Waals surface area contributed by atoms with Crippen LogP contribution in [0.5, 0.6) is 0 Å². The number of aryl methyl sites for hydroxylation is 2. The molecule has 0 saturated heterocycles. The number of hydrogen-bond acceptors (Lipinski definition) is 2. The Labute approximate surface area is 206 Å². The lowest BCUT2D eigenvalue weighted by atomic mass is 9.73. The van der Waals surface area contributed by atoms with E-state index in [4.69, 9.17) is 5.73 Å². The number of amidine groups is 1. The summed E-state index contributed by atoms with van der Waals surface area (Å²) in [4.78, 5) is 4.64. The molecule has 0 heterocycles. The van der Waals surface area contributed by atoms with E-state index in [2.05, 4.69) is 116 Å². The molecule has 0 amide bonds. The highest BCUT2D eigenvalue weighted by atomic mass is 15.0. The largest absolute Gasteiger partial charge is 0.367 e. The van der Waals surface area contributed by atoms with Crippen LogP contribution in [0, 0.1) is 5.41 Å². The summed E-state index contributed by atoms with van der Waals surface area (Å²) in [5.74, 6) is 1.44. The summed E-state index contributed by atoms with van der Waals surface area (Å²) in [5, 5.41) is 3.70. The molecule has 3 N–H and O–H groups in total. The van der Waals surface area contributed by atoms with Crippen LogP contribution in [0.3, 0.4) is 0 Å². The van der Waals surface area contributed by atoms with Crippen LogP contribution < -0.4 is 11.1 Å². The summed E-state index contributed by atoms with van der Waals surface area (Å²) in [5.41, 5.74) is 11.4. The summed E-state index contributed by atoms with van der Waals surface area (Å²) in [7, 11) is 1.89. The fraction of sp³-hybridized carbons (Fsp3) is 0.387. The van der Waals surface area contributed by atoms with Crippen molar-refractivity contribution in [2.24, 2.45) is 16.1 Å². The second-order valence-electron chi connectivity index (χ2n) is 9.97. The maximum atomic E-state index is 5.93. The molecule has 1 unspecified atom stereocenters. The zero-order chi connectivity index (χ0) is 24.4. The van der Waals surface area contributed by atoms with Gasteiger partial charge in [-0.05, 0) is 59.4 Å². The van der Waals surface area contributed by atoms with Crippen LogP contribution in [0.4, 0.5) is 0 Å². The van der Waals surface area contributed by atoms with Crippen molar-refractivity contribution in [2.45, 2.75) is 58.4 Å². The van der Waals surface area contributed by atoms with Gasteiger partial charge in [0.15, 0.2) is 0 Å². The normalized spacial score (nSPS) is 14.0. The Morgan fingerprint density at radius 3 is 2.09 bits per heavy atom. The predicted octanol–water partition coefficient (Wildman–Crippen LogP) is 6.70. The van der Waals surface area contributed by atoms with Crippen molar-refractivity contribution >= 4 is 5.84 Å². The molecule has 0 spiro atoms. The van der Waals surface area contributed by atoms with Crippen molar-refractivity contribution < 1.29 is 0 Å². The standard InChI is InChI=1S/C31H41N3/c1-24(28-17-11-14-26(22-28)19-18-25-12-7-5-8-13-25)31(2,3)23-30(33-4)34-29(20-21-32)27-15-9-6-10-16-27/h5-17,22,24,29H,18-21,23,32H2,1-4H3,(H,33,34)/t24?,29-/m0/s1. The van der Waals surface area contributed by atoms with E-state index < -0.39 is 0 Å². The van der Waals surface area contributed by atoms with Crippen molar-refractivity contribution in [3.63, 3.8) is 0 Å². The van der Waals surface area contributed by atoms with Gasteiger partial charge in [0.25, 0.3) is 0 Å². The van der Waals surface area contributed by atoms with Gasteiger partial charge in [-0.25, -0.2) is 0 Å². The minimum atomic E-state index is 0.0455. The van der Waals surface area contributed by atoms with Gasteiger partial charge in [-0.1, -0.05) is 106 Å². The molecule has 180 valence electrons. The molecular formula is C31H41N3. The third-order valence-electron chi connectivity index (χ3n) is 7.06. The summed E-state index contributed by atoms with van der Waals surface area (Å²) in [6, 6.07) is 30.6. The topological polar surface area (TPSA) is 50.4 Å². The molecule has 0 fully saturated rings. The number of nitrogens with two attached hydrogens (primary N) is 1. The smallest absolute Gasteiger partial charge is 0.0969 e. The fourth-order valence-electron chi connectivity index (χ4n) is 4.56. The van der Waals surface area contributed by atoms with E-state index in [9.17, 15) is 0 Å². The molecule has 3 nitrogen and oxygen atoms in total. The van der Waals surface area contributed by atoms with Crippen LogP contribution in [0.2, 0.25) is 0 Å². The van der Waals surface area contributed by atoms with Gasteiger partial charge in [-0.15, -0.1) is 0 Å². The van der Waals surface area contributed by atoms with Crippen molar-refractivity contribution in [3.05, 3.63) is 107 Å². The second-order valence-corrected chi connectivity index (χ2v) is 9.97. The lowest BCUT2D eigenvalue weighted by Gasteiger charge is -2.34. The van der Waals surface area contributed by atoms with E-state index in [-0.39, 0.29) is 11.5 Å². The summed E-state index contributed by atoms with van der Waals surface area (Å²) in [6.45, 7) is 7.68. The number of benzene rings is 3. The molecule has 0 aromatic heterocycles. The summed E-state index contributed by atoms with van der Waals surface area (Å²) < 4.78 is 0. The van der Waals surface area contributed by atoms with Crippen LogP contribution in [-0.4, -0.2) is 19.4 Å². The minimum Gasteiger partial charge on any atom is -0.367 e. The molecule has 0 bridgehead atoms.